The second-order valence-corrected chi connectivity index (χ2v) is 8.34. The van der Waals surface area contributed by atoms with Crippen molar-refractivity contribution in [2.75, 3.05) is 64.8 Å². The zero-order chi connectivity index (χ0) is 17.2. The summed E-state index contributed by atoms with van der Waals surface area (Å²) in [5.41, 5.74) is 0. The first-order valence-electron chi connectivity index (χ1n) is 9.65. The molecule has 0 aromatic rings. The van der Waals surface area contributed by atoms with E-state index in [0.29, 0.717) is 0 Å². The Kier molecular flexibility index (Phi) is 9.28. The van der Waals surface area contributed by atoms with Crippen LogP contribution in [0.1, 0.15) is 33.6 Å². The van der Waals surface area contributed by atoms with E-state index in [0.717, 1.165) is 69.6 Å². The lowest BCUT2D eigenvalue weighted by Gasteiger charge is -2.36. The number of morpholine rings is 1. The van der Waals surface area contributed by atoms with E-state index >= 15 is 0 Å². The van der Waals surface area contributed by atoms with Crippen LogP contribution in [0.25, 0.3) is 0 Å². The van der Waals surface area contributed by atoms with Crippen molar-refractivity contribution in [1.82, 2.24) is 15.1 Å². The van der Waals surface area contributed by atoms with Crippen molar-refractivity contribution in [1.29, 1.82) is 0 Å². The summed E-state index contributed by atoms with van der Waals surface area (Å²) in [7, 11) is 0. The summed E-state index contributed by atoms with van der Waals surface area (Å²) in [6.07, 6.45) is 2.40. The second-order valence-electron chi connectivity index (χ2n) is 7.00. The van der Waals surface area contributed by atoms with Gasteiger partial charge in [-0.3, -0.25) is 9.89 Å². The molecule has 0 radical (unpaired) electrons. The smallest absolute Gasteiger partial charge is 0.193 e. The van der Waals surface area contributed by atoms with Gasteiger partial charge in [0.05, 0.1) is 13.2 Å². The van der Waals surface area contributed by atoms with Crippen LogP contribution in [0.4, 0.5) is 0 Å². The van der Waals surface area contributed by atoms with Gasteiger partial charge < -0.3 is 15.0 Å². The molecule has 1 atom stereocenters. The summed E-state index contributed by atoms with van der Waals surface area (Å²) in [6.45, 7) is 16.1. The number of unbranched alkanes of at least 4 members (excludes halogenated alkanes) is 1. The van der Waals surface area contributed by atoms with Gasteiger partial charge in [-0.05, 0) is 32.2 Å². The Morgan fingerprint density at radius 1 is 1.25 bits per heavy atom. The molecule has 0 aliphatic carbocycles. The van der Waals surface area contributed by atoms with Gasteiger partial charge in [-0.15, -0.1) is 0 Å². The monoisotopic (exact) mass is 356 g/mol. The molecular weight excluding hydrogens is 320 g/mol. The van der Waals surface area contributed by atoms with Crippen LogP contribution in [-0.4, -0.2) is 85.8 Å². The van der Waals surface area contributed by atoms with Crippen LogP contribution < -0.4 is 5.32 Å². The Labute approximate surface area is 152 Å². The quantitative estimate of drug-likeness (QED) is 0.430. The number of rotatable bonds is 7. The third kappa shape index (κ3) is 6.81. The molecule has 0 bridgehead atoms. The van der Waals surface area contributed by atoms with Crippen molar-refractivity contribution in [2.24, 2.45) is 10.9 Å². The molecule has 2 rings (SSSR count). The zero-order valence-corrected chi connectivity index (χ0v) is 16.6. The number of aliphatic imine (C=N–C) groups is 1. The second kappa shape index (κ2) is 11.2. The van der Waals surface area contributed by atoms with Gasteiger partial charge in [0.25, 0.3) is 0 Å². The fourth-order valence-corrected chi connectivity index (χ4v) is 4.45. The van der Waals surface area contributed by atoms with Gasteiger partial charge in [-0.2, -0.15) is 11.8 Å². The molecule has 2 aliphatic rings. The van der Waals surface area contributed by atoms with E-state index < -0.39 is 0 Å². The third-order valence-corrected chi connectivity index (χ3v) is 6.26. The van der Waals surface area contributed by atoms with Crippen LogP contribution in [-0.2, 0) is 4.74 Å². The Hall–Kier alpha value is -0.460. The first-order valence-corrected chi connectivity index (χ1v) is 10.7. The first-order chi connectivity index (χ1) is 11.7. The molecule has 2 aliphatic heterocycles. The van der Waals surface area contributed by atoms with E-state index in [1.807, 2.05) is 0 Å². The molecule has 6 heteroatoms. The standard InChI is InChI=1S/C18H36N4OS/c1-4-19-18(22-11-14-24-17(15-22)16(2)3)20-7-5-6-8-21-9-12-23-13-10-21/h16-17H,4-15H2,1-3H3,(H,19,20). The first kappa shape index (κ1) is 19.9. The number of ether oxygens (including phenoxy) is 1. The van der Waals surface area contributed by atoms with Gasteiger partial charge in [0, 0.05) is 50.3 Å². The molecular formula is C18H36N4OS. The lowest BCUT2D eigenvalue weighted by atomic mass is 10.1. The van der Waals surface area contributed by atoms with E-state index in [1.54, 1.807) is 0 Å². The Balaban J connectivity index is 1.73. The van der Waals surface area contributed by atoms with Gasteiger partial charge in [0.2, 0.25) is 0 Å². The maximum atomic E-state index is 5.40. The molecule has 140 valence electrons. The Bertz CT molecular complexity index is 372. The molecule has 2 saturated heterocycles. The number of guanidine groups is 1. The van der Waals surface area contributed by atoms with Gasteiger partial charge in [-0.1, -0.05) is 13.8 Å². The lowest BCUT2D eigenvalue weighted by Crippen LogP contribution is -2.49. The minimum atomic E-state index is 0.726. The Morgan fingerprint density at radius 3 is 2.75 bits per heavy atom. The Morgan fingerprint density at radius 2 is 2.04 bits per heavy atom. The van der Waals surface area contributed by atoms with E-state index in [2.05, 4.69) is 47.6 Å². The zero-order valence-electron chi connectivity index (χ0n) is 15.8. The van der Waals surface area contributed by atoms with Crippen LogP contribution in [0.5, 0.6) is 0 Å². The molecule has 5 nitrogen and oxygen atoms in total. The molecule has 2 fully saturated rings. The molecule has 0 aromatic carbocycles. The highest BCUT2D eigenvalue weighted by molar-refractivity contribution is 8.00. The molecule has 0 spiro atoms. The van der Waals surface area contributed by atoms with Gasteiger partial charge in [0.15, 0.2) is 5.96 Å². The lowest BCUT2D eigenvalue weighted by molar-refractivity contribution is 0.0373. The van der Waals surface area contributed by atoms with E-state index in [9.17, 15) is 0 Å². The highest BCUT2D eigenvalue weighted by atomic mass is 32.2. The number of thioether (sulfide) groups is 1. The van der Waals surface area contributed by atoms with Crippen LogP contribution in [0.3, 0.4) is 0 Å². The number of nitrogens with one attached hydrogen (secondary N) is 1. The van der Waals surface area contributed by atoms with Gasteiger partial charge in [0.1, 0.15) is 0 Å². The van der Waals surface area contributed by atoms with E-state index in [1.165, 1.54) is 25.1 Å². The predicted molar refractivity (Wildman–Crippen MR) is 105 cm³/mol. The molecule has 1 N–H and O–H groups in total. The minimum absolute atomic E-state index is 0.726. The molecule has 0 saturated carbocycles. The van der Waals surface area contributed by atoms with Crippen molar-refractivity contribution in [2.45, 2.75) is 38.9 Å². The molecule has 1 unspecified atom stereocenters. The summed E-state index contributed by atoms with van der Waals surface area (Å²) < 4.78 is 5.40. The molecule has 0 aromatic heterocycles. The largest absolute Gasteiger partial charge is 0.379 e. The molecule has 2 heterocycles. The van der Waals surface area contributed by atoms with Gasteiger partial charge >= 0.3 is 0 Å². The number of hydrogen-bond donors (Lipinski definition) is 1. The molecule has 0 amide bonds. The number of nitrogens with zero attached hydrogens (tertiary/aromatic N) is 3. The van der Waals surface area contributed by atoms with Crippen LogP contribution in [0, 0.1) is 5.92 Å². The highest BCUT2D eigenvalue weighted by Gasteiger charge is 2.24. The van der Waals surface area contributed by atoms with E-state index in [4.69, 9.17) is 9.73 Å². The predicted octanol–water partition coefficient (Wildman–Crippen LogP) is 2.14. The van der Waals surface area contributed by atoms with Crippen molar-refractivity contribution < 1.29 is 4.74 Å². The normalized spacial score (nSPS) is 23.8. The summed E-state index contributed by atoms with van der Waals surface area (Å²) in [4.78, 5) is 9.86. The summed E-state index contributed by atoms with van der Waals surface area (Å²) >= 11 is 2.12. The van der Waals surface area contributed by atoms with Gasteiger partial charge in [-0.25, -0.2) is 0 Å². The van der Waals surface area contributed by atoms with Crippen molar-refractivity contribution in [3.63, 3.8) is 0 Å². The fraction of sp³-hybridized carbons (Fsp3) is 0.944. The minimum Gasteiger partial charge on any atom is -0.379 e. The third-order valence-electron chi connectivity index (χ3n) is 4.72. The summed E-state index contributed by atoms with van der Waals surface area (Å²) in [6, 6.07) is 0. The summed E-state index contributed by atoms with van der Waals surface area (Å²) in [5.74, 6) is 3.06. The van der Waals surface area contributed by atoms with E-state index in [-0.39, 0.29) is 0 Å². The van der Waals surface area contributed by atoms with Crippen molar-refractivity contribution >= 4 is 17.7 Å². The summed E-state index contributed by atoms with van der Waals surface area (Å²) in [5, 5.41) is 4.22. The van der Waals surface area contributed by atoms with Crippen molar-refractivity contribution in [3.05, 3.63) is 0 Å². The average molecular weight is 357 g/mol. The fourth-order valence-electron chi connectivity index (χ4n) is 3.15. The molecule has 24 heavy (non-hydrogen) atoms. The van der Waals surface area contributed by atoms with Crippen molar-refractivity contribution in [3.8, 4) is 0 Å². The SMILES string of the molecule is CCNC(=NCCCCN1CCOCC1)N1CCSC(C(C)C)C1. The number of hydrogen-bond acceptors (Lipinski definition) is 4. The maximum Gasteiger partial charge on any atom is 0.193 e. The average Bonchev–Trinajstić information content (AvgIpc) is 2.61. The topological polar surface area (TPSA) is 40.1 Å². The van der Waals surface area contributed by atoms with Crippen LogP contribution in [0.15, 0.2) is 4.99 Å². The van der Waals surface area contributed by atoms with Crippen LogP contribution >= 0.6 is 11.8 Å². The van der Waals surface area contributed by atoms with Crippen LogP contribution in [0.2, 0.25) is 0 Å². The highest BCUT2D eigenvalue weighted by Crippen LogP contribution is 2.24. The maximum absolute atomic E-state index is 5.40.